The van der Waals surface area contributed by atoms with Gasteiger partial charge in [-0.25, -0.2) is 0 Å². The van der Waals surface area contributed by atoms with Gasteiger partial charge in [0, 0.05) is 0 Å². The minimum absolute atomic E-state index is 0.0511. The number of halogens is 1. The zero-order chi connectivity index (χ0) is 15.1. The quantitative estimate of drug-likeness (QED) is 0.812. The number of benzene rings is 1. The topological polar surface area (TPSA) is 39.7 Å². The Bertz CT molecular complexity index is 436. The Balaban J connectivity index is 2.16. The number of hydrogen-bond donors (Lipinski definition) is 1. The molecule has 21 heavy (non-hydrogen) atoms. The molecule has 1 heterocycles. The van der Waals surface area contributed by atoms with Crippen molar-refractivity contribution in [2.75, 3.05) is 33.0 Å². The van der Waals surface area contributed by atoms with E-state index in [1.165, 1.54) is 5.56 Å². The summed E-state index contributed by atoms with van der Waals surface area (Å²) in [4.78, 5) is 0. The summed E-state index contributed by atoms with van der Waals surface area (Å²) in [6.07, 6.45) is 1.14. The lowest BCUT2D eigenvalue weighted by Gasteiger charge is -2.31. The average molecular weight is 358 g/mol. The van der Waals surface area contributed by atoms with Crippen molar-refractivity contribution in [3.63, 3.8) is 0 Å². The summed E-state index contributed by atoms with van der Waals surface area (Å²) in [5.74, 6) is 0.872. The molecule has 1 aromatic carbocycles. The zero-order valence-corrected chi connectivity index (χ0v) is 14.3. The zero-order valence-electron chi connectivity index (χ0n) is 12.7. The molecule has 1 fully saturated rings. The first-order valence-corrected chi connectivity index (χ1v) is 8.40. The van der Waals surface area contributed by atoms with Gasteiger partial charge in [-0.15, -0.1) is 0 Å². The maximum atomic E-state index is 5.88. The van der Waals surface area contributed by atoms with Gasteiger partial charge in [0.15, 0.2) is 0 Å². The summed E-state index contributed by atoms with van der Waals surface area (Å²) in [5.41, 5.74) is 1.19. The second kappa shape index (κ2) is 8.73. The molecule has 1 aliphatic rings. The Hall–Kier alpha value is -0.620. The van der Waals surface area contributed by atoms with Crippen LogP contribution in [0.3, 0.4) is 0 Å². The molecule has 0 aliphatic carbocycles. The van der Waals surface area contributed by atoms with Crippen LogP contribution in [0.4, 0.5) is 0 Å². The van der Waals surface area contributed by atoms with E-state index in [-0.39, 0.29) is 12.1 Å². The van der Waals surface area contributed by atoms with E-state index in [0.29, 0.717) is 26.4 Å². The third kappa shape index (κ3) is 4.68. The first kappa shape index (κ1) is 16.7. The van der Waals surface area contributed by atoms with E-state index in [4.69, 9.17) is 14.2 Å². The van der Waals surface area contributed by atoms with Gasteiger partial charge in [0.1, 0.15) is 11.9 Å². The summed E-state index contributed by atoms with van der Waals surface area (Å²) in [6, 6.07) is 6.35. The predicted molar refractivity (Wildman–Crippen MR) is 86.9 cm³/mol. The van der Waals surface area contributed by atoms with Gasteiger partial charge in [0.25, 0.3) is 0 Å². The molecule has 0 radical (unpaired) electrons. The van der Waals surface area contributed by atoms with Crippen LogP contribution in [-0.4, -0.2) is 39.1 Å². The molecule has 0 amide bonds. The molecule has 2 rings (SSSR count). The lowest BCUT2D eigenvalue weighted by atomic mass is 10.0. The van der Waals surface area contributed by atoms with Gasteiger partial charge in [-0.05, 0) is 53.5 Å². The van der Waals surface area contributed by atoms with Crippen LogP contribution in [-0.2, 0) is 9.47 Å². The average Bonchev–Trinajstić information content (AvgIpc) is 2.51. The highest BCUT2D eigenvalue weighted by Crippen LogP contribution is 2.30. The van der Waals surface area contributed by atoms with Crippen molar-refractivity contribution in [3.8, 4) is 5.75 Å². The van der Waals surface area contributed by atoms with Crippen molar-refractivity contribution in [2.45, 2.75) is 32.4 Å². The Morgan fingerprint density at radius 1 is 1.38 bits per heavy atom. The molecule has 1 aromatic rings. The molecule has 1 aliphatic heterocycles. The van der Waals surface area contributed by atoms with Gasteiger partial charge in [0.05, 0.1) is 36.9 Å². The molecule has 0 spiro atoms. The van der Waals surface area contributed by atoms with Crippen molar-refractivity contribution in [3.05, 3.63) is 28.2 Å². The standard InChI is InChI=1S/C16H24BrNO3/c1-3-7-18-16(15-11-19-8-9-21-15)12-5-6-14(20-4-2)13(17)10-12/h5-6,10,15-16,18H,3-4,7-9,11H2,1-2H3. The van der Waals surface area contributed by atoms with Gasteiger partial charge in [-0.1, -0.05) is 13.0 Å². The fourth-order valence-corrected chi connectivity index (χ4v) is 2.96. The molecule has 2 atom stereocenters. The van der Waals surface area contributed by atoms with E-state index in [1.54, 1.807) is 0 Å². The fourth-order valence-electron chi connectivity index (χ4n) is 2.45. The summed E-state index contributed by atoms with van der Waals surface area (Å²) in [5, 5.41) is 3.57. The number of nitrogens with one attached hydrogen (secondary N) is 1. The smallest absolute Gasteiger partial charge is 0.133 e. The molecule has 1 saturated heterocycles. The molecular formula is C16H24BrNO3. The molecule has 5 heteroatoms. The first-order valence-electron chi connectivity index (χ1n) is 7.61. The van der Waals surface area contributed by atoms with Gasteiger partial charge in [-0.3, -0.25) is 0 Å². The van der Waals surface area contributed by atoms with E-state index >= 15 is 0 Å². The predicted octanol–water partition coefficient (Wildman–Crippen LogP) is 3.30. The minimum atomic E-state index is 0.0511. The molecular weight excluding hydrogens is 334 g/mol. The van der Waals surface area contributed by atoms with Crippen molar-refractivity contribution >= 4 is 15.9 Å². The molecule has 4 nitrogen and oxygen atoms in total. The van der Waals surface area contributed by atoms with Gasteiger partial charge in [0.2, 0.25) is 0 Å². The Morgan fingerprint density at radius 3 is 2.86 bits per heavy atom. The Kier molecular flexibility index (Phi) is 6.96. The maximum Gasteiger partial charge on any atom is 0.133 e. The van der Waals surface area contributed by atoms with E-state index in [2.05, 4.69) is 40.3 Å². The third-order valence-corrected chi connectivity index (χ3v) is 4.06. The van der Waals surface area contributed by atoms with E-state index in [0.717, 1.165) is 23.2 Å². The third-order valence-electron chi connectivity index (χ3n) is 3.44. The van der Waals surface area contributed by atoms with Crippen LogP contribution in [0.25, 0.3) is 0 Å². The van der Waals surface area contributed by atoms with Crippen LogP contribution < -0.4 is 10.1 Å². The first-order chi connectivity index (χ1) is 10.3. The summed E-state index contributed by atoms with van der Waals surface area (Å²) < 4.78 is 18.0. The maximum absolute atomic E-state index is 5.88. The molecule has 1 N–H and O–H groups in total. The molecule has 118 valence electrons. The second-order valence-corrected chi connectivity index (χ2v) is 5.89. The SMILES string of the molecule is CCCNC(c1ccc(OCC)c(Br)c1)C1COCCO1. The second-order valence-electron chi connectivity index (χ2n) is 5.04. The highest BCUT2D eigenvalue weighted by atomic mass is 79.9. The highest BCUT2D eigenvalue weighted by molar-refractivity contribution is 9.10. The normalized spacial score (nSPS) is 20.2. The fraction of sp³-hybridized carbons (Fsp3) is 0.625. The lowest BCUT2D eigenvalue weighted by Crippen LogP contribution is -2.40. The van der Waals surface area contributed by atoms with Crippen LogP contribution >= 0.6 is 15.9 Å². The number of hydrogen-bond acceptors (Lipinski definition) is 4. The van der Waals surface area contributed by atoms with Crippen molar-refractivity contribution in [1.82, 2.24) is 5.32 Å². The minimum Gasteiger partial charge on any atom is -0.493 e. The van der Waals surface area contributed by atoms with Crippen LogP contribution in [0, 0.1) is 0 Å². The monoisotopic (exact) mass is 357 g/mol. The number of rotatable bonds is 7. The lowest BCUT2D eigenvalue weighted by molar-refractivity contribution is -0.102. The van der Waals surface area contributed by atoms with Crippen molar-refractivity contribution in [1.29, 1.82) is 0 Å². The van der Waals surface area contributed by atoms with E-state index in [1.807, 2.05) is 13.0 Å². The van der Waals surface area contributed by atoms with E-state index in [9.17, 15) is 0 Å². The highest BCUT2D eigenvalue weighted by Gasteiger charge is 2.26. The Morgan fingerprint density at radius 2 is 2.24 bits per heavy atom. The molecule has 2 unspecified atom stereocenters. The van der Waals surface area contributed by atoms with Crippen LogP contribution in [0.2, 0.25) is 0 Å². The molecule has 0 bridgehead atoms. The summed E-state index contributed by atoms with van der Waals surface area (Å²) in [6.45, 7) is 7.74. The van der Waals surface area contributed by atoms with Crippen LogP contribution in [0.15, 0.2) is 22.7 Å². The van der Waals surface area contributed by atoms with Crippen LogP contribution in [0.1, 0.15) is 31.9 Å². The summed E-state index contributed by atoms with van der Waals surface area (Å²) >= 11 is 3.58. The van der Waals surface area contributed by atoms with Gasteiger partial charge in [-0.2, -0.15) is 0 Å². The van der Waals surface area contributed by atoms with Gasteiger partial charge < -0.3 is 19.5 Å². The van der Waals surface area contributed by atoms with Crippen molar-refractivity contribution < 1.29 is 14.2 Å². The number of ether oxygens (including phenoxy) is 3. The Labute approximate surface area is 135 Å². The summed E-state index contributed by atoms with van der Waals surface area (Å²) in [7, 11) is 0. The van der Waals surface area contributed by atoms with Crippen molar-refractivity contribution in [2.24, 2.45) is 0 Å². The molecule has 0 aromatic heterocycles. The van der Waals surface area contributed by atoms with Gasteiger partial charge >= 0.3 is 0 Å². The molecule has 0 saturated carbocycles. The largest absolute Gasteiger partial charge is 0.493 e. The van der Waals surface area contributed by atoms with E-state index < -0.39 is 0 Å². The van der Waals surface area contributed by atoms with Crippen LogP contribution in [0.5, 0.6) is 5.75 Å².